The van der Waals surface area contributed by atoms with Gasteiger partial charge in [0.05, 0.1) is 16.5 Å². The van der Waals surface area contributed by atoms with Crippen LogP contribution in [0.2, 0.25) is 0 Å². The van der Waals surface area contributed by atoms with E-state index in [2.05, 4.69) is 64.7 Å². The van der Waals surface area contributed by atoms with Gasteiger partial charge in [-0.2, -0.15) is 0 Å². The molecular weight excluding hydrogens is 512 g/mol. The number of thioether (sulfide) groups is 1. The molecule has 3 aromatic rings. The number of hydrogen-bond donors (Lipinski definition) is 2. The van der Waals surface area contributed by atoms with Crippen molar-refractivity contribution in [2.45, 2.75) is 32.4 Å². The van der Waals surface area contributed by atoms with Crippen LogP contribution in [0.4, 0.5) is 5.69 Å². The predicted molar refractivity (Wildman–Crippen MR) is 143 cm³/mol. The number of amides is 1. The number of rotatable bonds is 8. The van der Waals surface area contributed by atoms with Crippen molar-refractivity contribution < 1.29 is 14.3 Å². The summed E-state index contributed by atoms with van der Waals surface area (Å²) in [6.45, 7) is 4.62. The van der Waals surface area contributed by atoms with Crippen LogP contribution in [0.1, 0.15) is 29.2 Å². The predicted octanol–water partition coefficient (Wildman–Crippen LogP) is 6.51. The molecule has 3 aromatic carbocycles. The van der Waals surface area contributed by atoms with Gasteiger partial charge in [-0.1, -0.05) is 60.6 Å². The number of aryl methyl sites for hydroxylation is 2. The molecule has 0 bridgehead atoms. The first-order chi connectivity index (χ1) is 16.4. The van der Waals surface area contributed by atoms with Gasteiger partial charge in [0.1, 0.15) is 6.61 Å². The van der Waals surface area contributed by atoms with Crippen molar-refractivity contribution in [3.8, 4) is 11.5 Å². The lowest BCUT2D eigenvalue weighted by molar-refractivity contribution is -0.116. The summed E-state index contributed by atoms with van der Waals surface area (Å²) in [4.78, 5) is 13.2. The Labute approximate surface area is 213 Å². The molecule has 1 amide bonds. The third-order valence-electron chi connectivity index (χ3n) is 5.44. The quantitative estimate of drug-likeness (QED) is 0.320. The number of hydrogen-bond acceptors (Lipinski definition) is 5. The molecule has 7 heteroatoms. The van der Waals surface area contributed by atoms with Crippen molar-refractivity contribution in [1.82, 2.24) is 5.32 Å². The highest BCUT2D eigenvalue weighted by molar-refractivity contribution is 9.10. The summed E-state index contributed by atoms with van der Waals surface area (Å²) in [6, 6.07) is 20.3. The maximum Gasteiger partial charge on any atom is 0.260 e. The van der Waals surface area contributed by atoms with E-state index in [1.165, 1.54) is 22.9 Å². The van der Waals surface area contributed by atoms with Crippen molar-refractivity contribution in [3.05, 3.63) is 92.3 Å². The Hall–Kier alpha value is -2.90. The molecule has 1 saturated heterocycles. The van der Waals surface area contributed by atoms with Crippen molar-refractivity contribution in [2.24, 2.45) is 0 Å². The number of nitrogens with one attached hydrogen (secondary N) is 2. The van der Waals surface area contributed by atoms with E-state index in [4.69, 9.17) is 9.47 Å². The minimum Gasteiger partial charge on any atom is -0.493 e. The van der Waals surface area contributed by atoms with Crippen molar-refractivity contribution in [3.63, 3.8) is 0 Å². The van der Waals surface area contributed by atoms with Crippen LogP contribution in [0.3, 0.4) is 0 Å². The molecule has 1 aliphatic rings. The average molecular weight is 539 g/mol. The number of anilines is 1. The molecule has 0 aliphatic carbocycles. The maximum atomic E-state index is 12.6. The zero-order valence-electron chi connectivity index (χ0n) is 19.4. The summed E-state index contributed by atoms with van der Waals surface area (Å²) in [5.74, 6) is 1.12. The molecule has 34 heavy (non-hydrogen) atoms. The molecular formula is C27H27BrN2O3S. The van der Waals surface area contributed by atoms with Crippen LogP contribution in [0.25, 0.3) is 6.08 Å². The number of methoxy groups -OCH3 is 1. The Morgan fingerprint density at radius 2 is 1.79 bits per heavy atom. The molecule has 1 atom stereocenters. The standard InChI is InChI=1S/C27H27BrN2O3S/c1-4-18-9-11-21(12-10-18)29-27-30-26(31)24(34-27)15-20-13-22(28)25(23(14-20)32-3)33-16-19-7-5-17(2)6-8-19/h5-15,27,29H,4,16H2,1-3H3,(H,30,31)/b24-15-/t27-/m1/s1. The number of benzene rings is 3. The molecule has 4 rings (SSSR count). The van der Waals surface area contributed by atoms with Gasteiger partial charge < -0.3 is 20.1 Å². The minimum atomic E-state index is -0.228. The first-order valence-corrected chi connectivity index (χ1v) is 12.7. The molecule has 5 nitrogen and oxygen atoms in total. The Morgan fingerprint density at radius 3 is 2.47 bits per heavy atom. The van der Waals surface area contributed by atoms with Crippen molar-refractivity contribution in [1.29, 1.82) is 0 Å². The fourth-order valence-electron chi connectivity index (χ4n) is 3.51. The van der Waals surface area contributed by atoms with Crippen molar-refractivity contribution in [2.75, 3.05) is 12.4 Å². The third kappa shape index (κ3) is 5.96. The van der Waals surface area contributed by atoms with Gasteiger partial charge in [0.15, 0.2) is 17.0 Å². The SMILES string of the molecule is CCc1ccc(N[C@@H]2NC(=O)/C(=C/c3cc(Br)c(OCc4ccc(C)cc4)c(OC)c3)S2)cc1. The largest absolute Gasteiger partial charge is 0.493 e. The zero-order chi connectivity index (χ0) is 24.1. The highest BCUT2D eigenvalue weighted by Crippen LogP contribution is 2.39. The van der Waals surface area contributed by atoms with Crippen LogP contribution in [0.5, 0.6) is 11.5 Å². The Morgan fingerprint density at radius 1 is 1.09 bits per heavy atom. The van der Waals surface area contributed by atoms with Crippen LogP contribution >= 0.6 is 27.7 Å². The lowest BCUT2D eigenvalue weighted by Crippen LogP contribution is -2.30. The molecule has 0 aromatic heterocycles. The zero-order valence-corrected chi connectivity index (χ0v) is 21.8. The van der Waals surface area contributed by atoms with Gasteiger partial charge in [-0.15, -0.1) is 0 Å². The van der Waals surface area contributed by atoms with E-state index in [9.17, 15) is 4.79 Å². The number of carbonyl (C=O) groups is 1. The molecule has 1 heterocycles. The highest BCUT2D eigenvalue weighted by atomic mass is 79.9. The Kier molecular flexibility index (Phi) is 7.85. The average Bonchev–Trinajstić information content (AvgIpc) is 3.17. The maximum absolute atomic E-state index is 12.6. The Balaban J connectivity index is 1.46. The van der Waals surface area contributed by atoms with Gasteiger partial charge in [0, 0.05) is 5.69 Å². The van der Waals surface area contributed by atoms with E-state index < -0.39 is 0 Å². The third-order valence-corrected chi connectivity index (χ3v) is 7.06. The van der Waals surface area contributed by atoms with E-state index in [0.717, 1.165) is 27.7 Å². The van der Waals surface area contributed by atoms with E-state index in [1.54, 1.807) is 7.11 Å². The molecule has 1 fully saturated rings. The number of halogens is 1. The second-order valence-electron chi connectivity index (χ2n) is 7.98. The van der Waals surface area contributed by atoms with Gasteiger partial charge in [-0.05, 0) is 76.3 Å². The van der Waals surface area contributed by atoms with Crippen LogP contribution in [0, 0.1) is 6.92 Å². The Bertz CT molecular complexity index is 1190. The molecule has 1 aliphatic heterocycles. The van der Waals surface area contributed by atoms with Crippen LogP contribution in [-0.4, -0.2) is 18.5 Å². The molecule has 176 valence electrons. The first kappa shape index (κ1) is 24.2. The summed E-state index contributed by atoms with van der Waals surface area (Å²) >= 11 is 5.05. The van der Waals surface area contributed by atoms with Gasteiger partial charge in [0.2, 0.25) is 0 Å². The normalized spacial score (nSPS) is 16.4. The summed E-state index contributed by atoms with van der Waals surface area (Å²) < 4.78 is 12.4. The first-order valence-electron chi connectivity index (χ1n) is 11.1. The lowest BCUT2D eigenvalue weighted by Gasteiger charge is -2.14. The van der Waals surface area contributed by atoms with Gasteiger partial charge in [0.25, 0.3) is 5.91 Å². The summed E-state index contributed by atoms with van der Waals surface area (Å²) in [7, 11) is 1.61. The van der Waals surface area contributed by atoms with Crippen molar-refractivity contribution >= 4 is 45.4 Å². The molecule has 0 spiro atoms. The fourth-order valence-corrected chi connectivity index (χ4v) is 5.07. The fraction of sp³-hybridized carbons (Fsp3) is 0.222. The van der Waals surface area contributed by atoms with Crippen LogP contribution in [0.15, 0.2) is 70.0 Å². The minimum absolute atomic E-state index is 0.109. The lowest BCUT2D eigenvalue weighted by atomic mass is 10.1. The van der Waals surface area contributed by atoms with E-state index in [0.29, 0.717) is 23.0 Å². The van der Waals surface area contributed by atoms with E-state index >= 15 is 0 Å². The van der Waals surface area contributed by atoms with E-state index in [1.807, 2.05) is 42.5 Å². The topological polar surface area (TPSA) is 59.6 Å². The number of carbonyl (C=O) groups excluding carboxylic acids is 1. The molecule has 0 radical (unpaired) electrons. The van der Waals surface area contributed by atoms with Gasteiger partial charge >= 0.3 is 0 Å². The molecule has 0 unspecified atom stereocenters. The van der Waals surface area contributed by atoms with Gasteiger partial charge in [-0.25, -0.2) is 0 Å². The smallest absolute Gasteiger partial charge is 0.260 e. The van der Waals surface area contributed by atoms with Crippen LogP contribution < -0.4 is 20.1 Å². The summed E-state index contributed by atoms with van der Waals surface area (Å²) in [6.07, 6.45) is 2.86. The highest BCUT2D eigenvalue weighted by Gasteiger charge is 2.27. The second-order valence-corrected chi connectivity index (χ2v) is 9.98. The number of ether oxygens (including phenoxy) is 2. The van der Waals surface area contributed by atoms with Gasteiger partial charge in [-0.3, -0.25) is 4.79 Å². The van der Waals surface area contributed by atoms with Crippen LogP contribution in [-0.2, 0) is 17.8 Å². The second kappa shape index (κ2) is 11.0. The molecule has 0 saturated carbocycles. The molecule has 2 N–H and O–H groups in total. The summed E-state index contributed by atoms with van der Waals surface area (Å²) in [5.41, 5.74) is 5.15. The van der Waals surface area contributed by atoms with E-state index in [-0.39, 0.29) is 11.4 Å². The summed E-state index contributed by atoms with van der Waals surface area (Å²) in [5, 5.41) is 6.33. The monoisotopic (exact) mass is 538 g/mol.